The zero-order valence-electron chi connectivity index (χ0n) is 14.6. The highest BCUT2D eigenvalue weighted by Crippen LogP contribution is 2.27. The summed E-state index contributed by atoms with van der Waals surface area (Å²) in [6, 6.07) is 8.66. The predicted molar refractivity (Wildman–Crippen MR) is 98.4 cm³/mol. The summed E-state index contributed by atoms with van der Waals surface area (Å²) in [6.07, 6.45) is 6.79. The SMILES string of the molecule is COc1cc(NCCCCCCNC(C)C)c2ncccc2c1. The first-order chi connectivity index (χ1) is 11.2. The van der Waals surface area contributed by atoms with E-state index in [9.17, 15) is 0 Å². The second-order valence-electron chi connectivity index (χ2n) is 6.20. The van der Waals surface area contributed by atoms with Gasteiger partial charge in [0.25, 0.3) is 0 Å². The third-order valence-electron chi connectivity index (χ3n) is 3.89. The lowest BCUT2D eigenvalue weighted by atomic mass is 10.1. The van der Waals surface area contributed by atoms with Crippen molar-refractivity contribution >= 4 is 16.6 Å². The second kappa shape index (κ2) is 9.36. The predicted octanol–water partition coefficient (Wildman–Crippen LogP) is 4.21. The smallest absolute Gasteiger partial charge is 0.121 e. The molecule has 4 heteroatoms. The fourth-order valence-electron chi connectivity index (χ4n) is 2.63. The number of hydrogen-bond acceptors (Lipinski definition) is 4. The van der Waals surface area contributed by atoms with Gasteiger partial charge in [0.05, 0.1) is 18.3 Å². The number of hydrogen-bond donors (Lipinski definition) is 2. The molecule has 0 amide bonds. The number of pyridine rings is 1. The Morgan fingerprint density at radius 2 is 1.87 bits per heavy atom. The highest BCUT2D eigenvalue weighted by molar-refractivity contribution is 5.91. The molecule has 126 valence electrons. The maximum absolute atomic E-state index is 5.38. The fraction of sp³-hybridized carbons (Fsp3) is 0.526. The minimum absolute atomic E-state index is 0.588. The van der Waals surface area contributed by atoms with Gasteiger partial charge in [0.15, 0.2) is 0 Å². The highest BCUT2D eigenvalue weighted by Gasteiger charge is 2.05. The zero-order valence-corrected chi connectivity index (χ0v) is 14.6. The molecule has 0 saturated heterocycles. The average Bonchev–Trinajstić information content (AvgIpc) is 2.56. The maximum atomic E-state index is 5.38. The Hall–Kier alpha value is -1.81. The van der Waals surface area contributed by atoms with Gasteiger partial charge in [-0.2, -0.15) is 0 Å². The number of anilines is 1. The topological polar surface area (TPSA) is 46.2 Å². The van der Waals surface area contributed by atoms with E-state index < -0.39 is 0 Å². The highest BCUT2D eigenvalue weighted by atomic mass is 16.5. The van der Waals surface area contributed by atoms with Crippen molar-refractivity contribution in [3.63, 3.8) is 0 Å². The monoisotopic (exact) mass is 315 g/mol. The van der Waals surface area contributed by atoms with Crippen LogP contribution in [0, 0.1) is 0 Å². The summed E-state index contributed by atoms with van der Waals surface area (Å²) < 4.78 is 5.38. The zero-order chi connectivity index (χ0) is 16.5. The first-order valence-corrected chi connectivity index (χ1v) is 8.60. The molecule has 2 rings (SSSR count). The molecule has 1 heterocycles. The molecule has 0 radical (unpaired) electrons. The van der Waals surface area contributed by atoms with Crippen LogP contribution in [0.3, 0.4) is 0 Å². The first-order valence-electron chi connectivity index (χ1n) is 8.60. The van der Waals surface area contributed by atoms with Crippen LogP contribution in [0.15, 0.2) is 30.5 Å². The molecule has 0 aliphatic heterocycles. The molecular weight excluding hydrogens is 286 g/mol. The third-order valence-corrected chi connectivity index (χ3v) is 3.89. The molecule has 23 heavy (non-hydrogen) atoms. The minimum Gasteiger partial charge on any atom is -0.497 e. The van der Waals surface area contributed by atoms with Gasteiger partial charge < -0.3 is 15.4 Å². The molecule has 1 aromatic heterocycles. The van der Waals surface area contributed by atoms with Crippen LogP contribution in [0.2, 0.25) is 0 Å². The van der Waals surface area contributed by atoms with Crippen molar-refractivity contribution in [2.45, 2.75) is 45.6 Å². The number of nitrogens with zero attached hydrogens (tertiary/aromatic N) is 1. The van der Waals surface area contributed by atoms with Gasteiger partial charge in [-0.25, -0.2) is 0 Å². The number of nitrogens with one attached hydrogen (secondary N) is 2. The summed E-state index contributed by atoms with van der Waals surface area (Å²) in [5.74, 6) is 0.868. The quantitative estimate of drug-likeness (QED) is 0.645. The molecule has 1 aromatic carbocycles. The maximum Gasteiger partial charge on any atom is 0.121 e. The summed E-state index contributed by atoms with van der Waals surface area (Å²) in [7, 11) is 1.70. The molecule has 4 nitrogen and oxygen atoms in total. The van der Waals surface area contributed by atoms with Crippen LogP contribution in [-0.2, 0) is 0 Å². The molecule has 2 N–H and O–H groups in total. The summed E-state index contributed by atoms with van der Waals surface area (Å²) in [4.78, 5) is 4.49. The van der Waals surface area contributed by atoms with Crippen LogP contribution in [0.5, 0.6) is 5.75 Å². The summed E-state index contributed by atoms with van der Waals surface area (Å²) in [5.41, 5.74) is 2.07. The van der Waals surface area contributed by atoms with Gasteiger partial charge in [-0.3, -0.25) is 4.98 Å². The summed E-state index contributed by atoms with van der Waals surface area (Å²) >= 11 is 0. The lowest BCUT2D eigenvalue weighted by Gasteiger charge is -2.11. The molecule has 0 unspecified atom stereocenters. The van der Waals surface area contributed by atoms with E-state index >= 15 is 0 Å². The Labute approximate surface area is 139 Å². The Balaban J connectivity index is 1.78. The van der Waals surface area contributed by atoms with E-state index in [1.165, 1.54) is 25.7 Å². The van der Waals surface area contributed by atoms with Crippen molar-refractivity contribution in [2.75, 3.05) is 25.5 Å². The van der Waals surface area contributed by atoms with Crippen LogP contribution in [-0.4, -0.2) is 31.2 Å². The van der Waals surface area contributed by atoms with Crippen molar-refractivity contribution in [2.24, 2.45) is 0 Å². The van der Waals surface area contributed by atoms with E-state index in [2.05, 4.69) is 35.5 Å². The molecular formula is C19H29N3O. The van der Waals surface area contributed by atoms with Gasteiger partial charge in [0.1, 0.15) is 5.75 Å². The van der Waals surface area contributed by atoms with E-state index in [1.54, 1.807) is 7.11 Å². The lowest BCUT2D eigenvalue weighted by Crippen LogP contribution is -2.23. The van der Waals surface area contributed by atoms with E-state index in [0.717, 1.165) is 35.4 Å². The molecule has 0 fully saturated rings. The molecule has 0 aliphatic carbocycles. The van der Waals surface area contributed by atoms with Crippen LogP contribution >= 0.6 is 0 Å². The molecule has 0 aliphatic rings. The van der Waals surface area contributed by atoms with Crippen LogP contribution < -0.4 is 15.4 Å². The molecule has 0 bridgehead atoms. The number of methoxy groups -OCH3 is 1. The Kier molecular flexibility index (Phi) is 7.14. The Morgan fingerprint density at radius 3 is 2.61 bits per heavy atom. The number of ether oxygens (including phenoxy) is 1. The lowest BCUT2D eigenvalue weighted by molar-refractivity contribution is 0.415. The van der Waals surface area contributed by atoms with Gasteiger partial charge in [-0.1, -0.05) is 32.8 Å². The van der Waals surface area contributed by atoms with Crippen LogP contribution in [0.25, 0.3) is 10.9 Å². The first kappa shape index (κ1) is 17.5. The van der Waals surface area contributed by atoms with Crippen molar-refractivity contribution < 1.29 is 4.74 Å². The van der Waals surface area contributed by atoms with Crippen LogP contribution in [0.1, 0.15) is 39.5 Å². The normalized spacial score (nSPS) is 11.1. The molecule has 0 spiro atoms. The van der Waals surface area contributed by atoms with Crippen molar-refractivity contribution in [3.8, 4) is 5.75 Å². The number of aromatic nitrogens is 1. The molecule has 0 saturated carbocycles. The van der Waals surface area contributed by atoms with E-state index in [1.807, 2.05) is 24.4 Å². The van der Waals surface area contributed by atoms with Crippen LogP contribution in [0.4, 0.5) is 5.69 Å². The minimum atomic E-state index is 0.588. The Bertz CT molecular complexity index is 598. The molecule has 2 aromatic rings. The van der Waals surface area contributed by atoms with Gasteiger partial charge >= 0.3 is 0 Å². The van der Waals surface area contributed by atoms with Crippen molar-refractivity contribution in [1.82, 2.24) is 10.3 Å². The van der Waals surface area contributed by atoms with E-state index in [4.69, 9.17) is 4.74 Å². The van der Waals surface area contributed by atoms with Gasteiger partial charge in [0.2, 0.25) is 0 Å². The number of rotatable bonds is 10. The molecule has 0 atom stereocenters. The van der Waals surface area contributed by atoms with Gasteiger partial charge in [-0.15, -0.1) is 0 Å². The third kappa shape index (κ3) is 5.71. The van der Waals surface area contributed by atoms with E-state index in [-0.39, 0.29) is 0 Å². The largest absolute Gasteiger partial charge is 0.497 e. The average molecular weight is 315 g/mol. The van der Waals surface area contributed by atoms with Gasteiger partial charge in [-0.05, 0) is 31.5 Å². The summed E-state index contributed by atoms with van der Waals surface area (Å²) in [5, 5.41) is 8.08. The number of fused-ring (bicyclic) bond motifs is 1. The van der Waals surface area contributed by atoms with E-state index in [0.29, 0.717) is 6.04 Å². The number of unbranched alkanes of at least 4 members (excludes halogenated alkanes) is 3. The fourth-order valence-corrected chi connectivity index (χ4v) is 2.63. The summed E-state index contributed by atoms with van der Waals surface area (Å²) in [6.45, 7) is 6.47. The number of benzene rings is 1. The Morgan fingerprint density at radius 1 is 1.09 bits per heavy atom. The second-order valence-corrected chi connectivity index (χ2v) is 6.20. The standard InChI is InChI=1S/C19H29N3O/c1-15(2)20-10-6-4-5-7-11-21-18-14-17(23-3)13-16-9-8-12-22-19(16)18/h8-9,12-15,20-21H,4-7,10-11H2,1-3H3. The van der Waals surface area contributed by atoms with Crippen molar-refractivity contribution in [3.05, 3.63) is 30.5 Å². The van der Waals surface area contributed by atoms with Gasteiger partial charge in [0, 0.05) is 30.2 Å². The van der Waals surface area contributed by atoms with Crippen molar-refractivity contribution in [1.29, 1.82) is 0 Å².